The van der Waals surface area contributed by atoms with Crippen molar-refractivity contribution in [3.63, 3.8) is 0 Å². The number of hydrogen-bond donors (Lipinski definition) is 2. The molecule has 0 saturated heterocycles. The zero-order valence-corrected chi connectivity index (χ0v) is 18.1. The number of hydrogen-bond acceptors (Lipinski definition) is 3. The predicted octanol–water partition coefficient (Wildman–Crippen LogP) is 4.65. The van der Waals surface area contributed by atoms with Gasteiger partial charge in [-0.05, 0) is 30.7 Å². The summed E-state index contributed by atoms with van der Waals surface area (Å²) >= 11 is 5.62. The molecular weight excluding hydrogens is 459 g/mol. The number of rotatable bonds is 6. The molecule has 1 heterocycles. The molecule has 0 fully saturated rings. The predicted molar refractivity (Wildman–Crippen MR) is 118 cm³/mol. The molecule has 6 nitrogen and oxygen atoms in total. The van der Waals surface area contributed by atoms with Gasteiger partial charge in [0.05, 0.1) is 22.9 Å². The molecule has 33 heavy (non-hydrogen) atoms. The van der Waals surface area contributed by atoms with Crippen molar-refractivity contribution in [3.8, 4) is 0 Å². The number of para-hydroxylation sites is 1. The first-order chi connectivity index (χ1) is 15.6. The SMILES string of the molecule is C[C@@H](NC(=O)c1ccccc1NC(=O)Cn1cc(C(F)(F)F)cc(Cl)c1=O)c1ccccc1. The number of aromatic nitrogens is 1. The highest BCUT2D eigenvalue weighted by atomic mass is 35.5. The number of carbonyl (C=O) groups excluding carboxylic acids is 2. The second kappa shape index (κ2) is 9.91. The van der Waals surface area contributed by atoms with Crippen molar-refractivity contribution in [2.75, 3.05) is 5.32 Å². The fourth-order valence-electron chi connectivity index (χ4n) is 3.11. The molecule has 0 radical (unpaired) electrons. The van der Waals surface area contributed by atoms with E-state index in [9.17, 15) is 27.6 Å². The topological polar surface area (TPSA) is 80.2 Å². The summed E-state index contributed by atoms with van der Waals surface area (Å²) in [7, 11) is 0. The fourth-order valence-corrected chi connectivity index (χ4v) is 3.33. The van der Waals surface area contributed by atoms with Gasteiger partial charge in [-0.25, -0.2) is 0 Å². The smallest absolute Gasteiger partial charge is 0.345 e. The zero-order chi connectivity index (χ0) is 24.2. The van der Waals surface area contributed by atoms with Crippen molar-refractivity contribution in [3.05, 3.63) is 98.9 Å². The van der Waals surface area contributed by atoms with Crippen molar-refractivity contribution in [1.82, 2.24) is 9.88 Å². The zero-order valence-electron chi connectivity index (χ0n) is 17.3. The Hall–Kier alpha value is -3.59. The van der Waals surface area contributed by atoms with Gasteiger partial charge in [-0.2, -0.15) is 13.2 Å². The van der Waals surface area contributed by atoms with Gasteiger partial charge in [-0.3, -0.25) is 14.4 Å². The first kappa shape index (κ1) is 24.1. The first-order valence-electron chi connectivity index (χ1n) is 9.78. The molecule has 3 aromatic rings. The van der Waals surface area contributed by atoms with E-state index in [1.165, 1.54) is 12.1 Å². The Labute approximate surface area is 192 Å². The van der Waals surface area contributed by atoms with Crippen LogP contribution in [0, 0.1) is 0 Å². The van der Waals surface area contributed by atoms with Gasteiger partial charge in [0.2, 0.25) is 5.91 Å². The van der Waals surface area contributed by atoms with Gasteiger partial charge in [-0.1, -0.05) is 54.1 Å². The normalized spacial score (nSPS) is 12.2. The van der Waals surface area contributed by atoms with E-state index in [4.69, 9.17) is 11.6 Å². The first-order valence-corrected chi connectivity index (χ1v) is 10.2. The van der Waals surface area contributed by atoms with Gasteiger partial charge in [0.25, 0.3) is 11.5 Å². The minimum absolute atomic E-state index is 0.145. The van der Waals surface area contributed by atoms with Gasteiger partial charge >= 0.3 is 6.18 Å². The van der Waals surface area contributed by atoms with Gasteiger partial charge in [0, 0.05) is 6.20 Å². The van der Waals surface area contributed by atoms with Crippen molar-refractivity contribution in [1.29, 1.82) is 0 Å². The number of pyridine rings is 1. The van der Waals surface area contributed by atoms with Crippen LogP contribution in [0.2, 0.25) is 5.02 Å². The molecule has 172 valence electrons. The molecule has 2 amide bonds. The highest BCUT2D eigenvalue weighted by molar-refractivity contribution is 6.30. The Kier molecular flexibility index (Phi) is 7.23. The van der Waals surface area contributed by atoms with E-state index < -0.39 is 40.7 Å². The molecule has 1 aromatic heterocycles. The highest BCUT2D eigenvalue weighted by Crippen LogP contribution is 2.29. The van der Waals surface area contributed by atoms with Crippen LogP contribution in [-0.4, -0.2) is 16.4 Å². The number of benzene rings is 2. The number of nitrogens with one attached hydrogen (secondary N) is 2. The van der Waals surface area contributed by atoms with Crippen molar-refractivity contribution in [2.24, 2.45) is 0 Å². The summed E-state index contributed by atoms with van der Waals surface area (Å²) in [6, 6.07) is 15.6. The summed E-state index contributed by atoms with van der Waals surface area (Å²) in [6.45, 7) is 1.08. The van der Waals surface area contributed by atoms with Crippen LogP contribution in [0.3, 0.4) is 0 Å². The Morgan fingerprint density at radius 2 is 1.70 bits per heavy atom. The van der Waals surface area contributed by atoms with Gasteiger partial charge in [0.1, 0.15) is 11.6 Å². The second-order valence-electron chi connectivity index (χ2n) is 7.21. The summed E-state index contributed by atoms with van der Waals surface area (Å²) in [5.74, 6) is -1.26. The standard InChI is InChI=1S/C23H19ClF3N3O3/c1-14(15-7-3-2-4-8-15)28-21(32)17-9-5-6-10-19(17)29-20(31)13-30-12-16(23(25,26)27)11-18(24)22(30)33/h2-12,14H,13H2,1H3,(H,28,32)(H,29,31)/t14-/m1/s1. The number of amides is 2. The summed E-state index contributed by atoms with van der Waals surface area (Å²) in [4.78, 5) is 37.4. The van der Waals surface area contributed by atoms with E-state index in [2.05, 4.69) is 10.6 Å². The maximum absolute atomic E-state index is 13.0. The maximum Gasteiger partial charge on any atom is 0.417 e. The molecule has 0 aliphatic heterocycles. The summed E-state index contributed by atoms with van der Waals surface area (Å²) in [5, 5.41) is 4.64. The summed E-state index contributed by atoms with van der Waals surface area (Å²) in [5.41, 5.74) is -0.917. The van der Waals surface area contributed by atoms with Crippen LogP contribution in [0.1, 0.15) is 34.5 Å². The number of alkyl halides is 3. The van der Waals surface area contributed by atoms with E-state index in [1.807, 2.05) is 30.3 Å². The summed E-state index contributed by atoms with van der Waals surface area (Å²) < 4.78 is 39.6. The molecular formula is C23H19ClF3N3O3. The lowest BCUT2D eigenvalue weighted by molar-refractivity contribution is -0.138. The Morgan fingerprint density at radius 1 is 1.06 bits per heavy atom. The molecule has 2 N–H and O–H groups in total. The van der Waals surface area contributed by atoms with Crippen molar-refractivity contribution in [2.45, 2.75) is 25.7 Å². The molecule has 10 heteroatoms. The number of anilines is 1. The lowest BCUT2D eigenvalue weighted by Gasteiger charge is -2.17. The average Bonchev–Trinajstić information content (AvgIpc) is 2.77. The second-order valence-corrected chi connectivity index (χ2v) is 7.61. The molecule has 0 aliphatic carbocycles. The van der Waals surface area contributed by atoms with E-state index in [0.717, 1.165) is 5.56 Å². The number of halogens is 4. The van der Waals surface area contributed by atoms with E-state index in [1.54, 1.807) is 19.1 Å². The maximum atomic E-state index is 13.0. The lowest BCUT2D eigenvalue weighted by Crippen LogP contribution is -2.30. The Balaban J connectivity index is 1.77. The van der Waals surface area contributed by atoms with Crippen LogP contribution >= 0.6 is 11.6 Å². The van der Waals surface area contributed by atoms with E-state index in [0.29, 0.717) is 16.8 Å². The molecule has 1 atom stereocenters. The molecule has 2 aromatic carbocycles. The Morgan fingerprint density at radius 3 is 2.36 bits per heavy atom. The van der Waals surface area contributed by atoms with Crippen molar-refractivity contribution < 1.29 is 22.8 Å². The molecule has 0 spiro atoms. The quantitative estimate of drug-likeness (QED) is 0.542. The van der Waals surface area contributed by atoms with Gasteiger partial charge < -0.3 is 15.2 Å². The molecule has 0 saturated carbocycles. The minimum Gasteiger partial charge on any atom is -0.345 e. The molecule has 0 aliphatic rings. The van der Waals surface area contributed by atoms with Crippen LogP contribution in [-0.2, 0) is 17.5 Å². The third kappa shape index (κ3) is 6.01. The summed E-state index contributed by atoms with van der Waals surface area (Å²) in [6.07, 6.45) is -4.22. The van der Waals surface area contributed by atoms with Crippen molar-refractivity contribution >= 4 is 29.1 Å². The Bertz CT molecular complexity index is 1230. The van der Waals surface area contributed by atoms with Crippen LogP contribution in [0.25, 0.3) is 0 Å². The highest BCUT2D eigenvalue weighted by Gasteiger charge is 2.32. The van der Waals surface area contributed by atoms with Crippen LogP contribution in [0.5, 0.6) is 0 Å². The average molecular weight is 478 g/mol. The lowest BCUT2D eigenvalue weighted by atomic mass is 10.1. The van der Waals surface area contributed by atoms with Gasteiger partial charge in [-0.15, -0.1) is 0 Å². The third-order valence-corrected chi connectivity index (χ3v) is 5.05. The van der Waals surface area contributed by atoms with Crippen LogP contribution in [0.4, 0.5) is 18.9 Å². The number of carbonyl (C=O) groups is 2. The van der Waals surface area contributed by atoms with E-state index >= 15 is 0 Å². The largest absolute Gasteiger partial charge is 0.417 e. The van der Waals surface area contributed by atoms with Crippen LogP contribution < -0.4 is 16.2 Å². The molecule has 0 unspecified atom stereocenters. The van der Waals surface area contributed by atoms with Gasteiger partial charge in [0.15, 0.2) is 0 Å². The third-order valence-electron chi connectivity index (χ3n) is 4.78. The molecule has 0 bridgehead atoms. The fraction of sp³-hybridized carbons (Fsp3) is 0.174. The minimum atomic E-state index is -4.74. The molecule has 3 rings (SSSR count). The van der Waals surface area contributed by atoms with Crippen LogP contribution in [0.15, 0.2) is 71.7 Å². The van der Waals surface area contributed by atoms with E-state index in [-0.39, 0.29) is 17.3 Å². The monoisotopic (exact) mass is 477 g/mol. The number of nitrogens with zero attached hydrogens (tertiary/aromatic N) is 1.